The predicted molar refractivity (Wildman–Crippen MR) is 112 cm³/mol. The lowest BCUT2D eigenvalue weighted by Crippen LogP contribution is -2.13. The van der Waals surface area contributed by atoms with E-state index in [0.29, 0.717) is 30.2 Å². The average molecular weight is 392 g/mol. The molecule has 6 heteroatoms. The highest BCUT2D eigenvalue weighted by atomic mass is 16.5. The summed E-state index contributed by atoms with van der Waals surface area (Å²) in [6.45, 7) is 4.18. The van der Waals surface area contributed by atoms with E-state index in [9.17, 15) is 4.79 Å². The fraction of sp³-hybridized carbons (Fsp3) is 0.261. The van der Waals surface area contributed by atoms with E-state index in [1.807, 2.05) is 43.3 Å². The Hall–Kier alpha value is -3.41. The third-order valence-corrected chi connectivity index (χ3v) is 4.31. The largest absolute Gasteiger partial charge is 0.496 e. The van der Waals surface area contributed by atoms with Crippen LogP contribution >= 0.6 is 0 Å². The van der Waals surface area contributed by atoms with E-state index in [1.165, 1.54) is 6.39 Å². The Balaban J connectivity index is 1.92. The zero-order valence-electron chi connectivity index (χ0n) is 16.8. The van der Waals surface area contributed by atoms with Crippen molar-refractivity contribution in [2.24, 2.45) is 4.99 Å². The summed E-state index contributed by atoms with van der Waals surface area (Å²) in [7, 11) is 1.59. The van der Waals surface area contributed by atoms with Gasteiger partial charge in [-0.05, 0) is 31.5 Å². The van der Waals surface area contributed by atoms with Gasteiger partial charge in [-0.25, -0.2) is 4.98 Å². The molecule has 0 spiro atoms. The van der Waals surface area contributed by atoms with Crippen LogP contribution in [0.2, 0.25) is 0 Å². The van der Waals surface area contributed by atoms with E-state index < -0.39 is 0 Å². The van der Waals surface area contributed by atoms with Gasteiger partial charge < -0.3 is 13.9 Å². The molecule has 0 saturated heterocycles. The lowest BCUT2D eigenvalue weighted by atomic mass is 10.0. The first-order valence-electron chi connectivity index (χ1n) is 9.43. The van der Waals surface area contributed by atoms with Crippen LogP contribution in [0.3, 0.4) is 0 Å². The molecule has 0 saturated carbocycles. The van der Waals surface area contributed by atoms with Crippen molar-refractivity contribution in [1.82, 2.24) is 4.98 Å². The van der Waals surface area contributed by atoms with Crippen molar-refractivity contribution >= 4 is 17.4 Å². The van der Waals surface area contributed by atoms with E-state index in [4.69, 9.17) is 18.9 Å². The van der Waals surface area contributed by atoms with Crippen LogP contribution in [0.15, 0.2) is 64.5 Å². The quantitative estimate of drug-likeness (QED) is 0.401. The minimum Gasteiger partial charge on any atom is -0.496 e. The molecule has 150 valence electrons. The second-order valence-electron chi connectivity index (χ2n) is 6.58. The minimum atomic E-state index is -0.288. The van der Waals surface area contributed by atoms with Crippen molar-refractivity contribution in [3.63, 3.8) is 0 Å². The molecule has 2 aromatic carbocycles. The molecule has 3 rings (SSSR count). The summed E-state index contributed by atoms with van der Waals surface area (Å²) in [5.74, 6) is 0.946. The van der Waals surface area contributed by atoms with Crippen LogP contribution in [-0.4, -0.2) is 30.4 Å². The number of hydrogen-bond acceptors (Lipinski definition) is 6. The number of esters is 1. The molecule has 0 N–H and O–H groups in total. The molecule has 3 aromatic rings. The molecule has 0 aliphatic heterocycles. The van der Waals surface area contributed by atoms with Gasteiger partial charge in [0.1, 0.15) is 5.75 Å². The van der Waals surface area contributed by atoms with Crippen LogP contribution in [-0.2, 0) is 16.0 Å². The molecule has 0 unspecified atom stereocenters. The molecule has 29 heavy (non-hydrogen) atoms. The molecule has 6 nitrogen and oxygen atoms in total. The van der Waals surface area contributed by atoms with Gasteiger partial charge in [-0.15, -0.1) is 0 Å². The number of aromatic nitrogens is 1. The molecule has 0 radical (unpaired) electrons. The van der Waals surface area contributed by atoms with Gasteiger partial charge in [0.2, 0.25) is 0 Å². The third kappa shape index (κ3) is 5.54. The minimum absolute atomic E-state index is 0.133. The number of benzene rings is 2. The third-order valence-electron chi connectivity index (χ3n) is 4.31. The number of aliphatic imine (C=N–C) groups is 1. The molecular formula is C23H24N2O4. The zero-order chi connectivity index (χ0) is 20.6. The SMILES string of the molecule is CCOC(=O)CC(Cc1cccc(C)c1)=Nc1ccc(-c2cnco2)c(OC)c1. The van der Waals surface area contributed by atoms with Crippen LogP contribution < -0.4 is 4.74 Å². The summed E-state index contributed by atoms with van der Waals surface area (Å²) in [6.07, 6.45) is 3.70. The fourth-order valence-corrected chi connectivity index (χ4v) is 3.06. The molecule has 0 aliphatic carbocycles. The number of rotatable bonds is 8. The van der Waals surface area contributed by atoms with Crippen molar-refractivity contribution in [2.75, 3.05) is 13.7 Å². The van der Waals surface area contributed by atoms with Crippen molar-refractivity contribution in [1.29, 1.82) is 0 Å². The Bertz CT molecular complexity index is 994. The van der Waals surface area contributed by atoms with E-state index in [1.54, 1.807) is 20.2 Å². The molecule has 0 atom stereocenters. The number of ether oxygens (including phenoxy) is 2. The first-order chi connectivity index (χ1) is 14.1. The van der Waals surface area contributed by atoms with Gasteiger partial charge in [0.15, 0.2) is 12.2 Å². The highest BCUT2D eigenvalue weighted by Crippen LogP contribution is 2.33. The molecule has 0 fully saturated rings. The zero-order valence-corrected chi connectivity index (χ0v) is 16.8. The number of methoxy groups -OCH3 is 1. The number of hydrogen-bond donors (Lipinski definition) is 0. The van der Waals surface area contributed by atoms with E-state index in [-0.39, 0.29) is 12.4 Å². The van der Waals surface area contributed by atoms with Crippen molar-refractivity contribution in [3.05, 3.63) is 66.2 Å². The van der Waals surface area contributed by atoms with Crippen LogP contribution in [0.4, 0.5) is 5.69 Å². The van der Waals surface area contributed by atoms with E-state index in [0.717, 1.165) is 22.4 Å². The Morgan fingerprint density at radius 1 is 1.21 bits per heavy atom. The summed E-state index contributed by atoms with van der Waals surface area (Å²) in [5, 5.41) is 0. The van der Waals surface area contributed by atoms with Gasteiger partial charge in [-0.3, -0.25) is 9.79 Å². The maximum absolute atomic E-state index is 12.1. The molecular weight excluding hydrogens is 368 g/mol. The lowest BCUT2D eigenvalue weighted by Gasteiger charge is -2.10. The first kappa shape index (κ1) is 20.3. The highest BCUT2D eigenvalue weighted by molar-refractivity contribution is 6.01. The molecule has 0 bridgehead atoms. The molecule has 0 aliphatic rings. The normalized spacial score (nSPS) is 11.3. The average Bonchev–Trinajstić information content (AvgIpc) is 3.22. The van der Waals surface area contributed by atoms with Crippen LogP contribution in [0.1, 0.15) is 24.5 Å². The first-order valence-corrected chi connectivity index (χ1v) is 9.43. The van der Waals surface area contributed by atoms with E-state index in [2.05, 4.69) is 11.1 Å². The maximum Gasteiger partial charge on any atom is 0.311 e. The Labute approximate surface area is 170 Å². The standard InChI is InChI=1S/C23H24N2O4/c1-4-28-23(26)13-19(11-17-7-5-6-16(2)10-17)25-18-8-9-20(21(12-18)27-3)22-14-24-15-29-22/h5-10,12,14-15H,4,11,13H2,1-3H3. The Morgan fingerprint density at radius 2 is 2.07 bits per heavy atom. The Kier molecular flexibility index (Phi) is 6.79. The van der Waals surface area contributed by atoms with Crippen molar-refractivity contribution in [2.45, 2.75) is 26.7 Å². The molecule has 0 amide bonds. The van der Waals surface area contributed by atoms with Crippen LogP contribution in [0.5, 0.6) is 5.75 Å². The number of oxazole rings is 1. The summed E-state index contributed by atoms with van der Waals surface area (Å²) >= 11 is 0. The fourth-order valence-electron chi connectivity index (χ4n) is 3.06. The van der Waals surface area contributed by atoms with Gasteiger partial charge >= 0.3 is 5.97 Å². The maximum atomic E-state index is 12.1. The second-order valence-corrected chi connectivity index (χ2v) is 6.58. The summed E-state index contributed by atoms with van der Waals surface area (Å²) in [6, 6.07) is 13.7. The number of aryl methyl sites for hydroxylation is 1. The second kappa shape index (κ2) is 9.68. The van der Waals surface area contributed by atoms with Gasteiger partial charge in [0.25, 0.3) is 0 Å². The van der Waals surface area contributed by atoms with Gasteiger partial charge in [-0.1, -0.05) is 29.8 Å². The van der Waals surface area contributed by atoms with E-state index >= 15 is 0 Å². The summed E-state index contributed by atoms with van der Waals surface area (Å²) in [4.78, 5) is 20.8. The molecule has 1 heterocycles. The summed E-state index contributed by atoms with van der Waals surface area (Å²) in [5.41, 5.74) is 4.46. The monoisotopic (exact) mass is 392 g/mol. The number of carbonyl (C=O) groups is 1. The predicted octanol–water partition coefficient (Wildman–Crippen LogP) is 4.93. The smallest absolute Gasteiger partial charge is 0.311 e. The molecule has 1 aromatic heterocycles. The van der Waals surface area contributed by atoms with Crippen LogP contribution in [0.25, 0.3) is 11.3 Å². The van der Waals surface area contributed by atoms with Gasteiger partial charge in [-0.2, -0.15) is 0 Å². The van der Waals surface area contributed by atoms with Gasteiger partial charge in [0.05, 0.1) is 37.6 Å². The lowest BCUT2D eigenvalue weighted by molar-refractivity contribution is -0.141. The highest BCUT2D eigenvalue weighted by Gasteiger charge is 2.13. The van der Waals surface area contributed by atoms with Crippen molar-refractivity contribution < 1.29 is 18.7 Å². The topological polar surface area (TPSA) is 73.9 Å². The Morgan fingerprint density at radius 3 is 2.76 bits per heavy atom. The number of nitrogens with zero attached hydrogens (tertiary/aromatic N) is 2. The van der Waals surface area contributed by atoms with Gasteiger partial charge in [0, 0.05) is 18.2 Å². The van der Waals surface area contributed by atoms with Crippen LogP contribution in [0, 0.1) is 6.92 Å². The number of carbonyl (C=O) groups excluding carboxylic acids is 1. The summed E-state index contributed by atoms with van der Waals surface area (Å²) < 4.78 is 16.0. The van der Waals surface area contributed by atoms with Crippen molar-refractivity contribution in [3.8, 4) is 17.1 Å².